The molecule has 10 heteroatoms. The number of benzene rings is 1. The van der Waals surface area contributed by atoms with E-state index < -0.39 is 0 Å². The molecule has 1 aliphatic rings. The van der Waals surface area contributed by atoms with Gasteiger partial charge in [0.1, 0.15) is 11.8 Å². The predicted octanol–water partition coefficient (Wildman–Crippen LogP) is 3.28. The second-order valence-electron chi connectivity index (χ2n) is 8.22. The van der Waals surface area contributed by atoms with E-state index in [0.29, 0.717) is 42.6 Å². The van der Waals surface area contributed by atoms with Crippen LogP contribution < -0.4 is 5.69 Å². The summed E-state index contributed by atoms with van der Waals surface area (Å²) in [6, 6.07) is 9.10. The van der Waals surface area contributed by atoms with Crippen LogP contribution in [0.1, 0.15) is 24.4 Å². The lowest BCUT2D eigenvalue weighted by atomic mass is 10.1. The van der Waals surface area contributed by atoms with Crippen molar-refractivity contribution < 1.29 is 4.74 Å². The molecule has 168 valence electrons. The molecular formula is C24H20N8O2. The van der Waals surface area contributed by atoms with Gasteiger partial charge in [-0.25, -0.2) is 19.6 Å². The predicted molar refractivity (Wildman–Crippen MR) is 125 cm³/mol. The molecular weight excluding hydrogens is 432 g/mol. The summed E-state index contributed by atoms with van der Waals surface area (Å²) in [5.74, 6) is 0.402. The van der Waals surface area contributed by atoms with Crippen LogP contribution in [-0.4, -0.2) is 46.9 Å². The van der Waals surface area contributed by atoms with E-state index >= 15 is 0 Å². The van der Waals surface area contributed by atoms with E-state index in [1.807, 2.05) is 12.1 Å². The Labute approximate surface area is 193 Å². The number of hydrogen-bond donors (Lipinski definition) is 0. The van der Waals surface area contributed by atoms with Gasteiger partial charge in [0, 0.05) is 31.6 Å². The molecule has 0 aliphatic carbocycles. The number of rotatable bonds is 4. The van der Waals surface area contributed by atoms with Gasteiger partial charge in [0.15, 0.2) is 11.3 Å². The molecule has 1 aromatic carbocycles. The van der Waals surface area contributed by atoms with Crippen LogP contribution in [0.25, 0.3) is 33.0 Å². The molecule has 0 unspecified atom stereocenters. The van der Waals surface area contributed by atoms with Gasteiger partial charge in [0.25, 0.3) is 0 Å². The van der Waals surface area contributed by atoms with Gasteiger partial charge in [0.2, 0.25) is 5.95 Å². The van der Waals surface area contributed by atoms with E-state index in [1.165, 1.54) is 0 Å². The van der Waals surface area contributed by atoms with E-state index in [-0.39, 0.29) is 11.7 Å². The Kier molecular flexibility index (Phi) is 4.89. The first-order chi connectivity index (χ1) is 16.7. The molecule has 34 heavy (non-hydrogen) atoms. The maximum Gasteiger partial charge on any atom is 0.330 e. The van der Waals surface area contributed by atoms with Gasteiger partial charge in [-0.2, -0.15) is 4.98 Å². The van der Waals surface area contributed by atoms with Crippen molar-refractivity contribution in [2.24, 2.45) is 0 Å². The number of nitrogens with zero attached hydrogens (tertiary/aromatic N) is 8. The second-order valence-corrected chi connectivity index (χ2v) is 8.22. The first-order valence-corrected chi connectivity index (χ1v) is 11.0. The maximum atomic E-state index is 13.6. The number of ether oxygens (including phenoxy) is 1. The summed E-state index contributed by atoms with van der Waals surface area (Å²) in [6.07, 6.45) is 8.26. The van der Waals surface area contributed by atoms with Crippen LogP contribution >= 0.6 is 0 Å². The number of pyridine rings is 1. The third-order valence-corrected chi connectivity index (χ3v) is 6.21. The van der Waals surface area contributed by atoms with Crippen LogP contribution in [0.2, 0.25) is 0 Å². The van der Waals surface area contributed by atoms with Crippen LogP contribution in [0, 0.1) is 6.57 Å². The van der Waals surface area contributed by atoms with Crippen molar-refractivity contribution in [1.29, 1.82) is 0 Å². The summed E-state index contributed by atoms with van der Waals surface area (Å²) >= 11 is 0. The minimum absolute atomic E-state index is 0.00145. The normalized spacial score (nSPS) is 14.6. The Bertz CT molecular complexity index is 1600. The number of hydrogen-bond acceptors (Lipinski definition) is 6. The molecule has 0 atom stereocenters. The SMILES string of the molecule is [C-]#[N+]c1ccc2ncn(-c3ncc4c(n3)n(C3CCOCC3)c(=O)n4Cc3ccncc3)c2c1. The van der Waals surface area contributed by atoms with Gasteiger partial charge in [-0.05, 0) is 42.7 Å². The fourth-order valence-corrected chi connectivity index (χ4v) is 4.49. The van der Waals surface area contributed by atoms with E-state index in [9.17, 15) is 4.79 Å². The molecule has 0 N–H and O–H groups in total. The van der Waals surface area contributed by atoms with E-state index in [1.54, 1.807) is 56.8 Å². The molecule has 1 fully saturated rings. The topological polar surface area (TPSA) is 97.0 Å². The summed E-state index contributed by atoms with van der Waals surface area (Å²) in [5.41, 5.74) is 4.10. The molecule has 0 saturated carbocycles. The lowest BCUT2D eigenvalue weighted by molar-refractivity contribution is 0.0695. The van der Waals surface area contributed by atoms with Gasteiger partial charge >= 0.3 is 5.69 Å². The minimum atomic E-state index is -0.115. The molecule has 0 radical (unpaired) electrons. The molecule has 6 rings (SSSR count). The van der Waals surface area contributed by atoms with Gasteiger partial charge in [-0.3, -0.25) is 18.7 Å². The Morgan fingerprint density at radius 3 is 2.71 bits per heavy atom. The van der Waals surface area contributed by atoms with Crippen LogP contribution in [0.4, 0.5) is 5.69 Å². The molecule has 5 aromatic rings. The average molecular weight is 452 g/mol. The zero-order valence-electron chi connectivity index (χ0n) is 18.2. The summed E-state index contributed by atoms with van der Waals surface area (Å²) in [4.78, 5) is 35.1. The Hall–Kier alpha value is -4.36. The highest BCUT2D eigenvalue weighted by Gasteiger charge is 2.25. The fourth-order valence-electron chi connectivity index (χ4n) is 4.49. The van der Waals surface area contributed by atoms with Crippen LogP contribution in [0.3, 0.4) is 0 Å². The number of aromatic nitrogens is 7. The highest BCUT2D eigenvalue weighted by molar-refractivity contribution is 5.81. The van der Waals surface area contributed by atoms with Crippen molar-refractivity contribution >= 4 is 27.9 Å². The number of imidazole rings is 2. The maximum absolute atomic E-state index is 13.6. The van der Waals surface area contributed by atoms with Gasteiger partial charge in [-0.1, -0.05) is 6.07 Å². The van der Waals surface area contributed by atoms with Gasteiger partial charge in [0.05, 0.1) is 30.3 Å². The molecule has 0 bridgehead atoms. The van der Waals surface area contributed by atoms with Crippen molar-refractivity contribution in [3.63, 3.8) is 0 Å². The summed E-state index contributed by atoms with van der Waals surface area (Å²) in [7, 11) is 0. The molecule has 4 aromatic heterocycles. The van der Waals surface area contributed by atoms with Gasteiger partial charge < -0.3 is 4.74 Å². The minimum Gasteiger partial charge on any atom is -0.381 e. The first-order valence-electron chi connectivity index (χ1n) is 11.0. The summed E-state index contributed by atoms with van der Waals surface area (Å²) < 4.78 is 10.8. The van der Waals surface area contributed by atoms with E-state index in [4.69, 9.17) is 16.3 Å². The zero-order valence-corrected chi connectivity index (χ0v) is 18.2. The Morgan fingerprint density at radius 2 is 1.91 bits per heavy atom. The van der Waals surface area contributed by atoms with Crippen molar-refractivity contribution in [2.75, 3.05) is 13.2 Å². The van der Waals surface area contributed by atoms with Gasteiger partial charge in [-0.15, -0.1) is 0 Å². The van der Waals surface area contributed by atoms with Crippen LogP contribution in [0.5, 0.6) is 0 Å². The molecule has 1 aliphatic heterocycles. The lowest BCUT2D eigenvalue weighted by Crippen LogP contribution is -2.31. The third kappa shape index (κ3) is 3.34. The van der Waals surface area contributed by atoms with Crippen molar-refractivity contribution in [3.05, 3.63) is 82.7 Å². The molecule has 10 nitrogen and oxygen atoms in total. The zero-order chi connectivity index (χ0) is 23.1. The fraction of sp³-hybridized carbons (Fsp3) is 0.250. The molecule has 5 heterocycles. The monoisotopic (exact) mass is 452 g/mol. The Balaban J connectivity index is 1.54. The lowest BCUT2D eigenvalue weighted by Gasteiger charge is -2.22. The standard InChI is InChI=1S/C24H20N8O2/c1-25-17-2-3-19-20(12-17)31(15-28-19)23-27-13-21-22(29-23)32(18-6-10-34-11-7-18)24(33)30(21)14-16-4-8-26-9-5-16/h2-5,8-9,12-13,15,18H,6-7,10-11,14H2. The quantitative estimate of drug-likeness (QED) is 0.388. The summed E-state index contributed by atoms with van der Waals surface area (Å²) in [5, 5.41) is 0. The van der Waals surface area contributed by atoms with Crippen LogP contribution in [-0.2, 0) is 11.3 Å². The van der Waals surface area contributed by atoms with E-state index in [2.05, 4.69) is 19.8 Å². The molecule has 0 spiro atoms. The van der Waals surface area contributed by atoms with E-state index in [0.717, 1.165) is 29.4 Å². The van der Waals surface area contributed by atoms with Crippen molar-refractivity contribution in [3.8, 4) is 5.95 Å². The molecule has 0 amide bonds. The molecule has 1 saturated heterocycles. The first kappa shape index (κ1) is 20.3. The second kappa shape index (κ2) is 8.20. The van der Waals surface area contributed by atoms with Crippen molar-refractivity contribution in [2.45, 2.75) is 25.4 Å². The Morgan fingerprint density at radius 1 is 1.09 bits per heavy atom. The summed E-state index contributed by atoms with van der Waals surface area (Å²) in [6.45, 7) is 8.94. The largest absolute Gasteiger partial charge is 0.381 e. The average Bonchev–Trinajstić information content (AvgIpc) is 3.43. The van der Waals surface area contributed by atoms with Crippen molar-refractivity contribution in [1.82, 2.24) is 33.6 Å². The van der Waals surface area contributed by atoms with Crippen LogP contribution in [0.15, 0.2) is 60.0 Å². The third-order valence-electron chi connectivity index (χ3n) is 6.21. The highest BCUT2D eigenvalue weighted by atomic mass is 16.5. The number of fused-ring (bicyclic) bond motifs is 2. The smallest absolute Gasteiger partial charge is 0.330 e. The highest BCUT2D eigenvalue weighted by Crippen LogP contribution is 2.26.